The van der Waals surface area contributed by atoms with Crippen LogP contribution in [0, 0.1) is 17.8 Å². The van der Waals surface area contributed by atoms with Crippen LogP contribution in [0.15, 0.2) is 0 Å². The minimum atomic E-state index is 0.181. The minimum Gasteiger partial charge on any atom is -0.330 e. The van der Waals surface area contributed by atoms with Gasteiger partial charge in [0, 0.05) is 19.3 Å². The third-order valence-corrected chi connectivity index (χ3v) is 2.45. The van der Waals surface area contributed by atoms with Gasteiger partial charge in [0.2, 0.25) is 0 Å². The molecule has 0 fully saturated rings. The maximum Gasteiger partial charge on any atom is 0.133 e. The second-order valence-corrected chi connectivity index (χ2v) is 4.45. The molecule has 0 aliphatic rings. The molecule has 2 N–H and O–H groups in total. The lowest BCUT2D eigenvalue weighted by Gasteiger charge is -2.23. The van der Waals surface area contributed by atoms with Crippen LogP contribution in [0.4, 0.5) is 0 Å². The molecule has 0 aliphatic heterocycles. The van der Waals surface area contributed by atoms with E-state index in [0.717, 1.165) is 12.8 Å². The predicted octanol–water partition coefficient (Wildman–Crippen LogP) is 2.12. The Morgan fingerprint density at radius 2 is 2.00 bits per heavy atom. The monoisotopic (exact) mass is 195 g/mol. The van der Waals surface area contributed by atoms with Gasteiger partial charge in [-0.1, -0.05) is 13.8 Å². The lowest BCUT2D eigenvalue weighted by atomic mass is 9.83. The molecule has 0 aliphatic carbocycles. The zero-order valence-electron chi connectivity index (χ0n) is 9.31. The molecule has 0 spiro atoms. The maximum atomic E-state index is 11.3. The molecule has 14 heavy (non-hydrogen) atoms. The summed E-state index contributed by atoms with van der Waals surface area (Å²) in [6.45, 7) is 4.98. The molecule has 0 amide bonds. The second kappa shape index (κ2) is 6.62. The molecule has 0 saturated carbocycles. The van der Waals surface area contributed by atoms with Crippen molar-refractivity contribution in [3.8, 4) is 12.3 Å². The van der Waals surface area contributed by atoms with Crippen LogP contribution in [-0.2, 0) is 4.79 Å². The Kier molecular flexibility index (Phi) is 6.23. The predicted molar refractivity (Wildman–Crippen MR) is 59.8 cm³/mol. The molecule has 0 aromatic rings. The first-order valence-corrected chi connectivity index (χ1v) is 5.17. The average molecular weight is 195 g/mol. The smallest absolute Gasteiger partial charge is 0.133 e. The van der Waals surface area contributed by atoms with E-state index in [1.165, 1.54) is 0 Å². The van der Waals surface area contributed by atoms with Crippen molar-refractivity contribution in [1.29, 1.82) is 0 Å². The fraction of sp³-hybridized carbons (Fsp3) is 0.750. The summed E-state index contributed by atoms with van der Waals surface area (Å²) in [6.07, 6.45) is 8.69. The van der Waals surface area contributed by atoms with Crippen LogP contribution in [0.2, 0.25) is 0 Å². The first kappa shape index (κ1) is 13.2. The van der Waals surface area contributed by atoms with Gasteiger partial charge in [-0.05, 0) is 24.8 Å². The second-order valence-electron chi connectivity index (χ2n) is 4.45. The van der Waals surface area contributed by atoms with Gasteiger partial charge in [0.25, 0.3) is 0 Å². The van der Waals surface area contributed by atoms with Crippen molar-refractivity contribution in [3.63, 3.8) is 0 Å². The van der Waals surface area contributed by atoms with Crippen LogP contribution < -0.4 is 5.73 Å². The van der Waals surface area contributed by atoms with Crippen LogP contribution >= 0.6 is 0 Å². The van der Waals surface area contributed by atoms with E-state index in [0.29, 0.717) is 25.8 Å². The lowest BCUT2D eigenvalue weighted by molar-refractivity contribution is -0.119. The SMILES string of the molecule is C#CCCC(=O)CCC(C)(C)CCN. The van der Waals surface area contributed by atoms with E-state index in [-0.39, 0.29) is 11.2 Å². The Morgan fingerprint density at radius 1 is 1.36 bits per heavy atom. The molecule has 0 aromatic heterocycles. The normalized spacial score (nSPS) is 11.0. The van der Waals surface area contributed by atoms with Gasteiger partial charge >= 0.3 is 0 Å². The van der Waals surface area contributed by atoms with Gasteiger partial charge in [0.15, 0.2) is 0 Å². The molecule has 0 rings (SSSR count). The number of hydrogen-bond acceptors (Lipinski definition) is 2. The lowest BCUT2D eigenvalue weighted by Crippen LogP contribution is -2.18. The Balaban J connectivity index is 3.71. The highest BCUT2D eigenvalue weighted by atomic mass is 16.1. The fourth-order valence-electron chi connectivity index (χ4n) is 1.33. The summed E-state index contributed by atoms with van der Waals surface area (Å²) in [6, 6.07) is 0. The number of hydrogen-bond donors (Lipinski definition) is 1. The van der Waals surface area contributed by atoms with E-state index < -0.39 is 0 Å². The molecule has 0 saturated heterocycles. The Labute approximate surface area is 87.3 Å². The van der Waals surface area contributed by atoms with Crippen LogP contribution in [-0.4, -0.2) is 12.3 Å². The summed E-state index contributed by atoms with van der Waals surface area (Å²) in [5, 5.41) is 0. The number of terminal acetylenes is 1. The van der Waals surface area contributed by atoms with Crippen molar-refractivity contribution < 1.29 is 4.79 Å². The summed E-state index contributed by atoms with van der Waals surface area (Å²) in [5.41, 5.74) is 5.67. The first-order valence-electron chi connectivity index (χ1n) is 5.17. The number of Topliss-reactive ketones (excluding diaryl/α,β-unsaturated/α-hetero) is 1. The van der Waals surface area contributed by atoms with Crippen LogP contribution in [0.25, 0.3) is 0 Å². The first-order chi connectivity index (χ1) is 6.52. The third-order valence-electron chi connectivity index (χ3n) is 2.45. The molecule has 0 heterocycles. The summed E-state index contributed by atoms with van der Waals surface area (Å²) < 4.78 is 0. The highest BCUT2D eigenvalue weighted by Crippen LogP contribution is 2.26. The van der Waals surface area contributed by atoms with Gasteiger partial charge in [-0.15, -0.1) is 12.3 Å². The van der Waals surface area contributed by atoms with Crippen LogP contribution in [0.3, 0.4) is 0 Å². The standard InChI is InChI=1S/C12H21NO/c1-4-5-6-11(14)7-8-12(2,3)9-10-13/h1H,5-10,13H2,2-3H3. The Bertz CT molecular complexity index is 213. The van der Waals surface area contributed by atoms with Gasteiger partial charge in [-0.25, -0.2) is 0 Å². The summed E-state index contributed by atoms with van der Waals surface area (Å²) in [4.78, 5) is 11.3. The highest BCUT2D eigenvalue weighted by Gasteiger charge is 2.17. The van der Waals surface area contributed by atoms with Crippen molar-refractivity contribution >= 4 is 5.78 Å². The van der Waals surface area contributed by atoms with E-state index in [1.54, 1.807) is 0 Å². The molecule has 0 radical (unpaired) electrons. The minimum absolute atomic E-state index is 0.181. The number of rotatable bonds is 7. The van der Waals surface area contributed by atoms with E-state index >= 15 is 0 Å². The topological polar surface area (TPSA) is 43.1 Å². The van der Waals surface area contributed by atoms with Gasteiger partial charge in [-0.2, -0.15) is 0 Å². The average Bonchev–Trinajstić information content (AvgIpc) is 2.11. The van der Waals surface area contributed by atoms with Crippen molar-refractivity contribution in [2.24, 2.45) is 11.1 Å². The zero-order valence-corrected chi connectivity index (χ0v) is 9.31. The quantitative estimate of drug-likeness (QED) is 0.632. The summed E-state index contributed by atoms with van der Waals surface area (Å²) in [7, 11) is 0. The molecule has 0 bridgehead atoms. The van der Waals surface area contributed by atoms with E-state index in [9.17, 15) is 4.79 Å². The highest BCUT2D eigenvalue weighted by molar-refractivity contribution is 5.78. The molecule has 2 heteroatoms. The number of carbonyl (C=O) groups is 1. The van der Waals surface area contributed by atoms with E-state index in [4.69, 9.17) is 12.2 Å². The zero-order chi connectivity index (χ0) is 11.0. The van der Waals surface area contributed by atoms with Crippen molar-refractivity contribution in [1.82, 2.24) is 0 Å². The fourth-order valence-corrected chi connectivity index (χ4v) is 1.33. The Hall–Kier alpha value is -0.810. The van der Waals surface area contributed by atoms with Crippen molar-refractivity contribution in [2.45, 2.75) is 46.0 Å². The van der Waals surface area contributed by atoms with E-state index in [1.807, 2.05) is 0 Å². The van der Waals surface area contributed by atoms with Crippen LogP contribution in [0.1, 0.15) is 46.0 Å². The van der Waals surface area contributed by atoms with Crippen LogP contribution in [0.5, 0.6) is 0 Å². The Morgan fingerprint density at radius 3 is 2.50 bits per heavy atom. The van der Waals surface area contributed by atoms with Crippen molar-refractivity contribution in [3.05, 3.63) is 0 Å². The largest absolute Gasteiger partial charge is 0.330 e. The molecular formula is C12H21NO. The molecule has 2 nitrogen and oxygen atoms in total. The number of nitrogens with two attached hydrogens (primary N) is 1. The maximum absolute atomic E-state index is 11.3. The molecule has 0 unspecified atom stereocenters. The molecular weight excluding hydrogens is 174 g/mol. The van der Waals surface area contributed by atoms with Gasteiger partial charge in [0.05, 0.1) is 0 Å². The van der Waals surface area contributed by atoms with Crippen molar-refractivity contribution in [2.75, 3.05) is 6.54 Å². The molecule has 80 valence electrons. The summed E-state index contributed by atoms with van der Waals surface area (Å²) >= 11 is 0. The molecule has 0 atom stereocenters. The number of ketones is 1. The number of carbonyl (C=O) groups excluding carboxylic acids is 1. The summed E-state index contributed by atoms with van der Waals surface area (Å²) in [5.74, 6) is 2.75. The third kappa shape index (κ3) is 6.68. The molecule has 0 aromatic carbocycles. The van der Waals surface area contributed by atoms with Gasteiger partial charge in [0.1, 0.15) is 5.78 Å². The van der Waals surface area contributed by atoms with Gasteiger partial charge in [-0.3, -0.25) is 4.79 Å². The van der Waals surface area contributed by atoms with E-state index in [2.05, 4.69) is 19.8 Å². The van der Waals surface area contributed by atoms with Gasteiger partial charge < -0.3 is 5.73 Å².